The van der Waals surface area contributed by atoms with Gasteiger partial charge in [0, 0.05) is 0 Å². The Morgan fingerprint density at radius 2 is 1.83 bits per heavy atom. The van der Waals surface area contributed by atoms with E-state index in [1.165, 1.54) is 82.5 Å². The zero-order valence-corrected chi connectivity index (χ0v) is 20.6. The molecule has 30 heavy (non-hydrogen) atoms. The molecule has 1 heteroatoms. The van der Waals surface area contributed by atoms with Crippen molar-refractivity contribution >= 4 is 0 Å². The van der Waals surface area contributed by atoms with E-state index in [9.17, 15) is 5.11 Å². The summed E-state index contributed by atoms with van der Waals surface area (Å²) in [5.41, 5.74) is 4.23. The van der Waals surface area contributed by atoms with Gasteiger partial charge in [0.25, 0.3) is 0 Å². The van der Waals surface area contributed by atoms with Crippen LogP contribution in [0, 0.1) is 46.3 Å². The first-order valence-electron chi connectivity index (χ1n) is 13.4. The summed E-state index contributed by atoms with van der Waals surface area (Å²) in [7, 11) is 0. The first-order chi connectivity index (χ1) is 14.3. The van der Waals surface area contributed by atoms with Gasteiger partial charge in [0.15, 0.2) is 0 Å². The average Bonchev–Trinajstić information content (AvgIpc) is 3.10. The van der Waals surface area contributed by atoms with Gasteiger partial charge in [-0.25, -0.2) is 0 Å². The van der Waals surface area contributed by atoms with Crippen molar-refractivity contribution in [3.63, 3.8) is 0 Å². The predicted octanol–water partition coefficient (Wildman–Crippen LogP) is 8.86. The molecule has 0 aromatic carbocycles. The van der Waals surface area contributed by atoms with Gasteiger partial charge in [0.2, 0.25) is 0 Å². The predicted molar refractivity (Wildman–Crippen MR) is 128 cm³/mol. The molecule has 0 radical (unpaired) electrons. The molecule has 8 atom stereocenters. The topological polar surface area (TPSA) is 20.2 Å². The second-order valence-corrected chi connectivity index (χ2v) is 12.3. The van der Waals surface area contributed by atoms with E-state index in [2.05, 4.69) is 40.7 Å². The van der Waals surface area contributed by atoms with Crippen LogP contribution in [0.3, 0.4) is 0 Å². The van der Waals surface area contributed by atoms with Crippen molar-refractivity contribution in [2.75, 3.05) is 0 Å². The average molecular weight is 413 g/mol. The summed E-state index contributed by atoms with van der Waals surface area (Å²) in [6.07, 6.45) is 20.9. The van der Waals surface area contributed by atoms with E-state index in [1.54, 1.807) is 0 Å². The molecule has 0 amide bonds. The van der Waals surface area contributed by atoms with Gasteiger partial charge in [-0.2, -0.15) is 0 Å². The summed E-state index contributed by atoms with van der Waals surface area (Å²) in [5.74, 6) is 4.98. The second-order valence-electron chi connectivity index (χ2n) is 12.3. The van der Waals surface area contributed by atoms with Gasteiger partial charge in [0.1, 0.15) is 0 Å². The number of hydrogen-bond donors (Lipinski definition) is 1. The highest BCUT2D eigenvalue weighted by molar-refractivity contribution is 5.27. The molecule has 4 aliphatic rings. The number of fused-ring (bicyclic) bond motifs is 5. The Balaban J connectivity index is 1.48. The third-order valence-electron chi connectivity index (χ3n) is 11.1. The number of aliphatic hydroxyl groups is 1. The van der Waals surface area contributed by atoms with Crippen molar-refractivity contribution in [2.45, 2.75) is 112 Å². The van der Waals surface area contributed by atoms with Crippen LogP contribution in [0.2, 0.25) is 0 Å². The molecule has 0 aliphatic heterocycles. The molecule has 3 fully saturated rings. The van der Waals surface area contributed by atoms with Crippen LogP contribution in [0.25, 0.3) is 0 Å². The van der Waals surface area contributed by atoms with Gasteiger partial charge in [-0.15, -0.1) is 0 Å². The van der Waals surface area contributed by atoms with Crippen molar-refractivity contribution in [3.05, 3.63) is 23.5 Å². The van der Waals surface area contributed by atoms with Crippen molar-refractivity contribution in [1.29, 1.82) is 0 Å². The van der Waals surface area contributed by atoms with Gasteiger partial charge >= 0.3 is 0 Å². The molecule has 0 aromatic rings. The Morgan fingerprint density at radius 3 is 2.57 bits per heavy atom. The molecule has 0 saturated heterocycles. The Labute approximate surface area is 186 Å². The molecular formula is C29H48O. The fourth-order valence-corrected chi connectivity index (χ4v) is 9.04. The van der Waals surface area contributed by atoms with E-state index in [4.69, 9.17) is 0 Å². The van der Waals surface area contributed by atoms with E-state index < -0.39 is 0 Å². The smallest absolute Gasteiger partial charge is 0.0783 e. The van der Waals surface area contributed by atoms with Gasteiger partial charge < -0.3 is 5.11 Å². The highest BCUT2D eigenvalue weighted by Crippen LogP contribution is 2.67. The number of hydrogen-bond acceptors (Lipinski definition) is 1. The Bertz CT molecular complexity index is 674. The monoisotopic (exact) mass is 412 g/mol. The van der Waals surface area contributed by atoms with Crippen LogP contribution in [-0.4, -0.2) is 5.11 Å². The van der Waals surface area contributed by atoms with E-state index in [1.807, 2.05) is 5.57 Å². The zero-order valence-electron chi connectivity index (χ0n) is 20.6. The number of aliphatic hydroxyl groups excluding tert-OH is 1. The maximum absolute atomic E-state index is 9.45. The molecule has 0 aromatic heterocycles. The number of rotatable bonds is 6. The molecular weight excluding hydrogens is 364 g/mol. The Kier molecular flexibility index (Phi) is 6.49. The van der Waals surface area contributed by atoms with Gasteiger partial charge in [-0.1, -0.05) is 52.2 Å². The van der Waals surface area contributed by atoms with E-state index in [-0.39, 0.29) is 0 Å². The lowest BCUT2D eigenvalue weighted by Gasteiger charge is -2.57. The molecule has 4 aliphatic carbocycles. The van der Waals surface area contributed by atoms with Gasteiger partial charge in [-0.05, 0) is 123 Å². The zero-order chi connectivity index (χ0) is 21.5. The molecule has 1 nitrogen and oxygen atoms in total. The third kappa shape index (κ3) is 3.61. The SMILES string of the molecule is CCC(CC[C@@H](C)[C@H]1CC[C@H]2C3=CCC4CCCC[C@]4(C)[C@H]3CC[C@]12C)C(C)=CO. The van der Waals surface area contributed by atoms with Crippen LogP contribution in [0.4, 0.5) is 0 Å². The highest BCUT2D eigenvalue weighted by atomic mass is 16.2. The Morgan fingerprint density at radius 1 is 1.07 bits per heavy atom. The van der Waals surface area contributed by atoms with Crippen molar-refractivity contribution in [3.8, 4) is 0 Å². The van der Waals surface area contributed by atoms with E-state index >= 15 is 0 Å². The molecule has 3 saturated carbocycles. The van der Waals surface area contributed by atoms with Crippen LogP contribution in [-0.2, 0) is 0 Å². The minimum Gasteiger partial charge on any atom is -0.516 e. The fourth-order valence-electron chi connectivity index (χ4n) is 9.04. The number of allylic oxidation sites excluding steroid dienone is 3. The quantitative estimate of drug-likeness (QED) is 0.341. The highest BCUT2D eigenvalue weighted by Gasteiger charge is 2.57. The van der Waals surface area contributed by atoms with Crippen molar-refractivity contribution in [2.24, 2.45) is 46.3 Å². The molecule has 1 N–H and O–H groups in total. The van der Waals surface area contributed by atoms with E-state index in [0.717, 1.165) is 36.0 Å². The lowest BCUT2D eigenvalue weighted by atomic mass is 9.48. The molecule has 0 spiro atoms. The fraction of sp³-hybridized carbons (Fsp3) is 0.862. The van der Waals surface area contributed by atoms with Crippen molar-refractivity contribution in [1.82, 2.24) is 0 Å². The van der Waals surface area contributed by atoms with Crippen LogP contribution in [0.15, 0.2) is 23.5 Å². The Hall–Kier alpha value is -0.720. The first-order valence-corrected chi connectivity index (χ1v) is 13.4. The largest absolute Gasteiger partial charge is 0.516 e. The van der Waals surface area contributed by atoms with Crippen LogP contribution < -0.4 is 0 Å². The normalized spacial score (nSPS) is 43.2. The maximum atomic E-state index is 9.45. The molecule has 0 bridgehead atoms. The molecule has 4 rings (SSSR count). The summed E-state index contributed by atoms with van der Waals surface area (Å²) in [6, 6.07) is 0. The minimum atomic E-state index is 0.531. The van der Waals surface area contributed by atoms with Crippen molar-refractivity contribution < 1.29 is 5.11 Å². The van der Waals surface area contributed by atoms with Gasteiger partial charge in [0.05, 0.1) is 6.26 Å². The van der Waals surface area contributed by atoms with E-state index in [0.29, 0.717) is 16.7 Å². The van der Waals surface area contributed by atoms with Crippen LogP contribution >= 0.6 is 0 Å². The maximum Gasteiger partial charge on any atom is 0.0783 e. The lowest BCUT2D eigenvalue weighted by molar-refractivity contribution is -0.00813. The second kappa shape index (κ2) is 8.67. The third-order valence-corrected chi connectivity index (χ3v) is 11.1. The molecule has 170 valence electrons. The van der Waals surface area contributed by atoms with Crippen LogP contribution in [0.5, 0.6) is 0 Å². The molecule has 2 unspecified atom stereocenters. The van der Waals surface area contributed by atoms with Crippen LogP contribution in [0.1, 0.15) is 112 Å². The summed E-state index contributed by atoms with van der Waals surface area (Å²) in [6.45, 7) is 12.3. The minimum absolute atomic E-state index is 0.531. The molecule has 0 heterocycles. The first kappa shape index (κ1) is 22.5. The summed E-state index contributed by atoms with van der Waals surface area (Å²) in [4.78, 5) is 0. The summed E-state index contributed by atoms with van der Waals surface area (Å²) >= 11 is 0. The van der Waals surface area contributed by atoms with Gasteiger partial charge in [-0.3, -0.25) is 0 Å². The lowest BCUT2D eigenvalue weighted by Crippen LogP contribution is -2.48. The summed E-state index contributed by atoms with van der Waals surface area (Å²) < 4.78 is 0. The summed E-state index contributed by atoms with van der Waals surface area (Å²) in [5, 5.41) is 9.45. The standard InChI is InChI=1S/C29H48O/c1-6-22(21(3)19-30)11-10-20(2)25-14-15-26-24-13-12-23-9-7-8-17-28(23,4)27(24)16-18-29(25,26)5/h13,19-20,22-23,25-27,30H,6-12,14-18H2,1-5H3/t20-,22?,23?,25-,26+,27+,28+,29-/m1/s1.